The summed E-state index contributed by atoms with van der Waals surface area (Å²) in [6.07, 6.45) is 11.6. The second kappa shape index (κ2) is 10.4. The summed E-state index contributed by atoms with van der Waals surface area (Å²) in [5.41, 5.74) is 7.06. The van der Waals surface area contributed by atoms with Crippen LogP contribution in [0.5, 0.6) is 0 Å². The molecular weight excluding hydrogens is 416 g/mol. The lowest BCUT2D eigenvalue weighted by atomic mass is 9.79. The minimum atomic E-state index is 0.309. The number of amidine groups is 1. The summed E-state index contributed by atoms with van der Waals surface area (Å²) in [5, 5.41) is 7.40. The Labute approximate surface area is 188 Å². The first-order valence-electron chi connectivity index (χ1n) is 10.4. The molecule has 0 bridgehead atoms. The fourth-order valence-electron chi connectivity index (χ4n) is 4.29. The van der Waals surface area contributed by atoms with Crippen molar-refractivity contribution < 1.29 is 0 Å². The molecule has 0 aromatic carbocycles. The lowest BCUT2D eigenvalue weighted by molar-refractivity contribution is 0.241. The van der Waals surface area contributed by atoms with E-state index in [1.807, 2.05) is 19.2 Å². The quantitative estimate of drug-likeness (QED) is 0.448. The van der Waals surface area contributed by atoms with E-state index in [9.17, 15) is 0 Å². The van der Waals surface area contributed by atoms with E-state index >= 15 is 0 Å². The molecule has 4 N–H and O–H groups in total. The van der Waals surface area contributed by atoms with E-state index in [0.717, 1.165) is 46.8 Å². The molecule has 2 heterocycles. The fraction of sp³-hybridized carbons (Fsp3) is 0.500. The molecule has 0 radical (unpaired) electrons. The zero-order chi connectivity index (χ0) is 21.6. The van der Waals surface area contributed by atoms with Crippen LogP contribution in [0.25, 0.3) is 0 Å². The first-order chi connectivity index (χ1) is 14.4. The number of rotatable bonds is 4. The zero-order valence-corrected chi connectivity index (χ0v) is 19.3. The smallest absolute Gasteiger partial charge is 0.143 e. The molecule has 2 aliphatic rings. The number of nitrogens with zero attached hydrogens (tertiary/aromatic N) is 3. The molecule has 2 atom stereocenters. The Kier molecular flexibility index (Phi) is 7.83. The molecule has 1 aromatic rings. The molecule has 6 nitrogen and oxygen atoms in total. The summed E-state index contributed by atoms with van der Waals surface area (Å²) >= 11 is 7.86. The van der Waals surface area contributed by atoms with Gasteiger partial charge in [0.2, 0.25) is 0 Å². The number of halogens is 1. The summed E-state index contributed by atoms with van der Waals surface area (Å²) in [5.74, 6) is 1.87. The standard InChI is InChI=1S/C22H31ClN6S/c1-15-4-6-22(14-15)7-10-26-12-13-29-21(28-11-8-22)19(16(2)25-3)30-17-5-9-27-20(24)18(17)23/h5,9,12-13,15,26H,3-4,6-8,10-11,14H2,1-2H3,(H2,24,27)(H,28,29)/b13-12-,19-16+. The van der Waals surface area contributed by atoms with Crippen LogP contribution in [0, 0.1) is 11.3 Å². The van der Waals surface area contributed by atoms with Gasteiger partial charge in [0.05, 0.1) is 15.6 Å². The van der Waals surface area contributed by atoms with Crippen molar-refractivity contribution in [2.75, 3.05) is 18.8 Å². The number of nitrogens with two attached hydrogens (primary N) is 1. The Bertz CT molecular complexity index is 865. The van der Waals surface area contributed by atoms with Crippen LogP contribution >= 0.6 is 23.4 Å². The third kappa shape index (κ3) is 5.58. The highest BCUT2D eigenvalue weighted by molar-refractivity contribution is 8.04. The van der Waals surface area contributed by atoms with E-state index in [2.05, 4.69) is 39.2 Å². The predicted molar refractivity (Wildman–Crippen MR) is 129 cm³/mol. The molecule has 1 aliphatic carbocycles. The van der Waals surface area contributed by atoms with Crippen molar-refractivity contribution in [3.05, 3.63) is 40.3 Å². The van der Waals surface area contributed by atoms with E-state index < -0.39 is 0 Å². The Hall–Kier alpha value is -1.99. The number of thioether (sulfide) groups is 1. The average molecular weight is 447 g/mol. The normalized spacial score (nSPS) is 28.4. The molecule has 8 heteroatoms. The maximum Gasteiger partial charge on any atom is 0.143 e. The lowest BCUT2D eigenvalue weighted by Gasteiger charge is -2.30. The SMILES string of the molecule is C=N\C(C)=C(Sc1ccnc(N)c1Cl)/C1=N/C=C\NCCC2(CCN1)CCC(C)C2. The van der Waals surface area contributed by atoms with Gasteiger partial charge in [-0.05, 0) is 56.7 Å². The first-order valence-corrected chi connectivity index (χ1v) is 11.6. The highest BCUT2D eigenvalue weighted by Gasteiger charge is 2.36. The van der Waals surface area contributed by atoms with Crippen LogP contribution < -0.4 is 16.4 Å². The van der Waals surface area contributed by atoms with Crippen molar-refractivity contribution >= 4 is 41.7 Å². The summed E-state index contributed by atoms with van der Waals surface area (Å²) in [4.78, 5) is 14.6. The Balaban J connectivity index is 1.86. The second-order valence-electron chi connectivity index (χ2n) is 8.21. The number of allylic oxidation sites excluding steroid dienone is 1. The maximum absolute atomic E-state index is 6.39. The van der Waals surface area contributed by atoms with Crippen LogP contribution in [-0.4, -0.2) is 30.6 Å². The van der Waals surface area contributed by atoms with E-state index in [1.165, 1.54) is 37.4 Å². The minimum absolute atomic E-state index is 0.309. The van der Waals surface area contributed by atoms with Crippen LogP contribution in [0.3, 0.4) is 0 Å². The molecule has 162 valence electrons. The Morgan fingerprint density at radius 1 is 1.37 bits per heavy atom. The van der Waals surface area contributed by atoms with Gasteiger partial charge >= 0.3 is 0 Å². The van der Waals surface area contributed by atoms with E-state index in [0.29, 0.717) is 16.3 Å². The van der Waals surface area contributed by atoms with Gasteiger partial charge in [-0.2, -0.15) is 0 Å². The number of hydrogen-bond donors (Lipinski definition) is 3. The van der Waals surface area contributed by atoms with Gasteiger partial charge in [0.15, 0.2) is 0 Å². The lowest BCUT2D eigenvalue weighted by Crippen LogP contribution is -2.31. The highest BCUT2D eigenvalue weighted by atomic mass is 35.5. The zero-order valence-electron chi connectivity index (χ0n) is 17.7. The number of aliphatic imine (C=N–C) groups is 2. The van der Waals surface area contributed by atoms with E-state index in [4.69, 9.17) is 17.3 Å². The van der Waals surface area contributed by atoms with Crippen molar-refractivity contribution in [1.29, 1.82) is 0 Å². The molecule has 1 fully saturated rings. The summed E-state index contributed by atoms with van der Waals surface area (Å²) < 4.78 is 0. The van der Waals surface area contributed by atoms with Crippen molar-refractivity contribution in [1.82, 2.24) is 15.6 Å². The van der Waals surface area contributed by atoms with E-state index in [1.54, 1.807) is 12.4 Å². The van der Waals surface area contributed by atoms with Gasteiger partial charge in [-0.25, -0.2) is 9.98 Å². The largest absolute Gasteiger partial charge is 0.390 e. The van der Waals surface area contributed by atoms with Gasteiger partial charge in [-0.1, -0.05) is 36.7 Å². The number of pyridine rings is 1. The molecule has 1 spiro atoms. The van der Waals surface area contributed by atoms with Crippen LogP contribution in [0.2, 0.25) is 5.02 Å². The summed E-state index contributed by atoms with van der Waals surface area (Å²) in [7, 11) is 0. The maximum atomic E-state index is 6.39. The van der Waals surface area contributed by atoms with Crippen molar-refractivity contribution in [2.45, 2.75) is 50.8 Å². The van der Waals surface area contributed by atoms with Gasteiger partial charge in [-0.15, -0.1) is 0 Å². The molecule has 1 aliphatic heterocycles. The molecule has 1 aromatic heterocycles. The molecule has 30 heavy (non-hydrogen) atoms. The van der Waals surface area contributed by atoms with Crippen LogP contribution in [0.15, 0.2) is 50.1 Å². The third-order valence-electron chi connectivity index (χ3n) is 5.97. The highest BCUT2D eigenvalue weighted by Crippen LogP contribution is 2.46. The Morgan fingerprint density at radius 2 is 2.17 bits per heavy atom. The fourth-order valence-corrected chi connectivity index (χ4v) is 5.49. The topological polar surface area (TPSA) is 87.7 Å². The van der Waals surface area contributed by atoms with Gasteiger partial charge in [0.25, 0.3) is 0 Å². The van der Waals surface area contributed by atoms with Crippen LogP contribution in [-0.2, 0) is 0 Å². The van der Waals surface area contributed by atoms with Gasteiger partial charge in [0.1, 0.15) is 11.7 Å². The minimum Gasteiger partial charge on any atom is -0.390 e. The number of hydrogen-bond acceptors (Lipinski definition) is 7. The summed E-state index contributed by atoms with van der Waals surface area (Å²) in [6.45, 7) is 9.84. The molecule has 0 amide bonds. The molecule has 2 unspecified atom stereocenters. The van der Waals surface area contributed by atoms with E-state index in [-0.39, 0.29) is 0 Å². The third-order valence-corrected chi connectivity index (χ3v) is 7.73. The van der Waals surface area contributed by atoms with Gasteiger partial charge < -0.3 is 16.4 Å². The predicted octanol–water partition coefficient (Wildman–Crippen LogP) is 4.99. The number of aromatic nitrogens is 1. The number of nitrogen functional groups attached to an aromatic ring is 1. The van der Waals surface area contributed by atoms with Gasteiger partial charge in [0, 0.05) is 36.6 Å². The van der Waals surface area contributed by atoms with Crippen molar-refractivity contribution in [2.24, 2.45) is 21.3 Å². The second-order valence-corrected chi connectivity index (χ2v) is 9.64. The molecule has 0 saturated heterocycles. The van der Waals surface area contributed by atoms with Crippen molar-refractivity contribution in [3.63, 3.8) is 0 Å². The van der Waals surface area contributed by atoms with Crippen LogP contribution in [0.1, 0.15) is 46.0 Å². The van der Waals surface area contributed by atoms with Crippen LogP contribution in [0.4, 0.5) is 5.82 Å². The average Bonchev–Trinajstić information content (AvgIpc) is 3.08. The number of nitrogens with one attached hydrogen (secondary N) is 2. The molecular formula is C22H31ClN6S. The van der Waals surface area contributed by atoms with Crippen molar-refractivity contribution in [3.8, 4) is 0 Å². The molecule has 3 rings (SSSR count). The summed E-state index contributed by atoms with van der Waals surface area (Å²) in [6, 6.07) is 1.85. The first kappa shape index (κ1) is 22.7. The monoisotopic (exact) mass is 446 g/mol. The van der Waals surface area contributed by atoms with Gasteiger partial charge in [-0.3, -0.25) is 4.99 Å². The number of anilines is 1. The Morgan fingerprint density at radius 3 is 2.90 bits per heavy atom. The molecule has 1 saturated carbocycles.